The quantitative estimate of drug-likeness (QED) is 0.589. The predicted molar refractivity (Wildman–Crippen MR) is 105 cm³/mol. The van der Waals surface area contributed by atoms with Crippen molar-refractivity contribution in [2.24, 2.45) is 5.92 Å². The van der Waals surface area contributed by atoms with E-state index in [4.69, 9.17) is 9.93 Å². The van der Waals surface area contributed by atoms with Crippen molar-refractivity contribution in [1.82, 2.24) is 26.1 Å². The number of allylic oxidation sites excluding steroid dienone is 2. The molecule has 0 bridgehead atoms. The summed E-state index contributed by atoms with van der Waals surface area (Å²) in [7, 11) is 0. The maximum absolute atomic E-state index is 14.0. The van der Waals surface area contributed by atoms with E-state index < -0.39 is 5.82 Å². The van der Waals surface area contributed by atoms with Crippen LogP contribution >= 0.6 is 0 Å². The Morgan fingerprint density at radius 2 is 2.00 bits per heavy atom. The lowest BCUT2D eigenvalue weighted by molar-refractivity contribution is -0.116. The van der Waals surface area contributed by atoms with Crippen LogP contribution < -0.4 is 16.0 Å². The van der Waals surface area contributed by atoms with Crippen LogP contribution in [0.5, 0.6) is 0 Å². The van der Waals surface area contributed by atoms with Gasteiger partial charge >= 0.3 is 0 Å². The van der Waals surface area contributed by atoms with Crippen molar-refractivity contribution in [2.75, 3.05) is 13.1 Å². The fourth-order valence-corrected chi connectivity index (χ4v) is 3.52. The highest BCUT2D eigenvalue weighted by Gasteiger charge is 2.27. The standard InChI is InChI=1S/C20H21FN6O2/c1-11(22)17(20-26-18(27-29-20)13-4-2-3-5-14(13)21)19-24-15(10-16(28)25-19)12-6-8-23-9-7-12/h2-5,10,12,22-24H,6-9H2,1H3,(H,25,28)/b19-17-,22-11?. The highest BCUT2D eigenvalue weighted by atomic mass is 19.1. The van der Waals surface area contributed by atoms with E-state index in [9.17, 15) is 9.18 Å². The molecule has 1 aromatic heterocycles. The number of piperidine rings is 1. The molecule has 3 heterocycles. The van der Waals surface area contributed by atoms with Crippen molar-refractivity contribution in [3.05, 3.63) is 53.6 Å². The van der Waals surface area contributed by atoms with Gasteiger partial charge in [0.25, 0.3) is 11.8 Å². The Morgan fingerprint density at radius 1 is 1.24 bits per heavy atom. The number of nitrogens with one attached hydrogen (secondary N) is 4. The van der Waals surface area contributed by atoms with Crippen LogP contribution in [0.3, 0.4) is 0 Å². The molecule has 2 aromatic rings. The topological polar surface area (TPSA) is 116 Å². The normalized spacial score (nSPS) is 19.2. The summed E-state index contributed by atoms with van der Waals surface area (Å²) in [6, 6.07) is 6.11. The van der Waals surface area contributed by atoms with Gasteiger partial charge in [-0.25, -0.2) is 4.39 Å². The number of aromatic nitrogens is 2. The van der Waals surface area contributed by atoms with Crippen molar-refractivity contribution >= 4 is 17.2 Å². The van der Waals surface area contributed by atoms with E-state index in [0.717, 1.165) is 31.6 Å². The van der Waals surface area contributed by atoms with Gasteiger partial charge in [0.15, 0.2) is 0 Å². The number of carbonyl (C=O) groups excluding carboxylic acids is 1. The molecule has 0 spiro atoms. The second-order valence-electron chi connectivity index (χ2n) is 7.02. The van der Waals surface area contributed by atoms with Crippen LogP contribution in [-0.2, 0) is 4.79 Å². The van der Waals surface area contributed by atoms with E-state index in [1.54, 1.807) is 31.2 Å². The highest BCUT2D eigenvalue weighted by Crippen LogP contribution is 2.26. The van der Waals surface area contributed by atoms with Crippen LogP contribution in [-0.4, -0.2) is 34.8 Å². The van der Waals surface area contributed by atoms with Crippen LogP contribution in [0.15, 0.2) is 46.4 Å². The molecule has 29 heavy (non-hydrogen) atoms. The molecule has 0 radical (unpaired) electrons. The van der Waals surface area contributed by atoms with Crippen molar-refractivity contribution in [3.8, 4) is 11.4 Å². The van der Waals surface area contributed by atoms with Gasteiger partial charge in [0.2, 0.25) is 5.82 Å². The second-order valence-corrected chi connectivity index (χ2v) is 7.02. The van der Waals surface area contributed by atoms with E-state index in [2.05, 4.69) is 26.1 Å². The molecule has 150 valence electrons. The molecule has 2 aliphatic heterocycles. The molecule has 1 amide bonds. The number of nitrogens with zero attached hydrogens (tertiary/aromatic N) is 2. The summed E-state index contributed by atoms with van der Waals surface area (Å²) in [6.45, 7) is 3.33. The molecule has 1 aromatic carbocycles. The van der Waals surface area contributed by atoms with E-state index in [1.807, 2.05) is 0 Å². The average molecular weight is 396 g/mol. The Morgan fingerprint density at radius 3 is 2.72 bits per heavy atom. The molecule has 0 unspecified atom stereocenters. The third-order valence-electron chi connectivity index (χ3n) is 4.96. The van der Waals surface area contributed by atoms with Crippen LogP contribution in [0, 0.1) is 17.1 Å². The highest BCUT2D eigenvalue weighted by molar-refractivity contribution is 6.21. The van der Waals surface area contributed by atoms with Gasteiger partial charge < -0.3 is 25.9 Å². The number of rotatable bonds is 4. The lowest BCUT2D eigenvalue weighted by atomic mass is 9.93. The summed E-state index contributed by atoms with van der Waals surface area (Å²) in [5.41, 5.74) is 1.40. The van der Waals surface area contributed by atoms with Crippen molar-refractivity contribution in [3.63, 3.8) is 0 Å². The molecular formula is C20H21FN6O2. The number of hydrogen-bond acceptors (Lipinski definition) is 7. The van der Waals surface area contributed by atoms with Crippen molar-refractivity contribution in [1.29, 1.82) is 5.41 Å². The van der Waals surface area contributed by atoms with E-state index in [-0.39, 0.29) is 40.4 Å². The zero-order valence-electron chi connectivity index (χ0n) is 15.9. The summed E-state index contributed by atoms with van der Waals surface area (Å²) in [5.74, 6) is -0.0944. The molecule has 0 saturated carbocycles. The van der Waals surface area contributed by atoms with E-state index in [1.165, 1.54) is 6.07 Å². The lowest BCUT2D eigenvalue weighted by Gasteiger charge is -2.30. The molecule has 1 fully saturated rings. The average Bonchev–Trinajstić information content (AvgIpc) is 3.17. The summed E-state index contributed by atoms with van der Waals surface area (Å²) in [4.78, 5) is 16.6. The minimum atomic E-state index is -0.471. The van der Waals surface area contributed by atoms with E-state index >= 15 is 0 Å². The summed E-state index contributed by atoms with van der Waals surface area (Å²) >= 11 is 0. The summed E-state index contributed by atoms with van der Waals surface area (Å²) in [5, 5.41) is 21.3. The minimum Gasteiger partial charge on any atom is -0.344 e. The third-order valence-corrected chi connectivity index (χ3v) is 4.96. The van der Waals surface area contributed by atoms with Gasteiger partial charge in [0, 0.05) is 23.4 Å². The molecule has 1 saturated heterocycles. The predicted octanol–water partition coefficient (Wildman–Crippen LogP) is 2.19. The maximum atomic E-state index is 14.0. The Bertz CT molecular complexity index is 1020. The third kappa shape index (κ3) is 3.95. The fourth-order valence-electron chi connectivity index (χ4n) is 3.52. The summed E-state index contributed by atoms with van der Waals surface area (Å²) in [6.07, 6.45) is 3.38. The van der Waals surface area contributed by atoms with E-state index in [0.29, 0.717) is 5.82 Å². The smallest absolute Gasteiger partial charge is 0.263 e. The van der Waals surface area contributed by atoms with Crippen LogP contribution in [0.2, 0.25) is 0 Å². The monoisotopic (exact) mass is 396 g/mol. The molecule has 2 aliphatic rings. The first-order valence-electron chi connectivity index (χ1n) is 9.42. The van der Waals surface area contributed by atoms with Gasteiger partial charge in [-0.3, -0.25) is 4.79 Å². The zero-order valence-corrected chi connectivity index (χ0v) is 15.9. The zero-order chi connectivity index (χ0) is 20.4. The van der Waals surface area contributed by atoms with Gasteiger partial charge in [-0.05, 0) is 45.0 Å². The Hall–Kier alpha value is -3.33. The number of carbonyl (C=O) groups is 1. The Kier molecular flexibility index (Phi) is 5.22. The van der Waals surface area contributed by atoms with Gasteiger partial charge in [-0.15, -0.1) is 0 Å². The molecule has 9 heteroatoms. The Balaban J connectivity index is 1.70. The van der Waals surface area contributed by atoms with Gasteiger partial charge in [-0.2, -0.15) is 4.98 Å². The van der Waals surface area contributed by atoms with Crippen LogP contribution in [0.4, 0.5) is 4.39 Å². The molecule has 4 N–H and O–H groups in total. The van der Waals surface area contributed by atoms with Crippen molar-refractivity contribution < 1.29 is 13.7 Å². The van der Waals surface area contributed by atoms with Crippen LogP contribution in [0.25, 0.3) is 17.0 Å². The van der Waals surface area contributed by atoms with Gasteiger partial charge in [0.05, 0.1) is 5.56 Å². The number of halogens is 1. The second kappa shape index (κ2) is 7.96. The largest absolute Gasteiger partial charge is 0.344 e. The van der Waals surface area contributed by atoms with Gasteiger partial charge in [-0.1, -0.05) is 17.3 Å². The molecule has 4 rings (SSSR count). The molecule has 8 nitrogen and oxygen atoms in total. The first-order chi connectivity index (χ1) is 14.0. The maximum Gasteiger partial charge on any atom is 0.263 e. The first-order valence-corrected chi connectivity index (χ1v) is 9.42. The molecular weight excluding hydrogens is 375 g/mol. The fraction of sp³-hybridized carbons (Fsp3) is 0.300. The molecule has 0 aliphatic carbocycles. The van der Waals surface area contributed by atoms with Crippen LogP contribution in [0.1, 0.15) is 25.7 Å². The lowest BCUT2D eigenvalue weighted by Crippen LogP contribution is -2.41. The SMILES string of the molecule is CC(=N)/C(=C1/NC(=O)C=C(C2CCNCC2)N1)c1nc(-c2ccccc2F)no1. The minimum absolute atomic E-state index is 0.0325. The number of benzene rings is 1. The molecule has 0 atom stereocenters. The number of hydrogen-bond donors (Lipinski definition) is 4. The van der Waals surface area contributed by atoms with Gasteiger partial charge in [0.1, 0.15) is 17.2 Å². The summed E-state index contributed by atoms with van der Waals surface area (Å²) < 4.78 is 19.4. The first kappa shape index (κ1) is 19.0. The van der Waals surface area contributed by atoms with Crippen molar-refractivity contribution in [2.45, 2.75) is 19.8 Å². The number of amides is 1. The Labute approximate surface area is 166 Å².